The Balaban J connectivity index is 1.64. The molecule has 4 nitrogen and oxygen atoms in total. The Labute approximate surface area is 159 Å². The molecule has 1 heterocycles. The first-order valence-electron chi connectivity index (χ1n) is 8.23. The number of nitrogens with one attached hydrogen (secondary N) is 2. The second-order valence-corrected chi connectivity index (χ2v) is 7.02. The predicted molar refractivity (Wildman–Crippen MR) is 108 cm³/mol. The van der Waals surface area contributed by atoms with E-state index in [1.165, 1.54) is 0 Å². The first-order valence-corrected chi connectivity index (χ1v) is 9.02. The van der Waals surface area contributed by atoms with Gasteiger partial charge in [0.05, 0.1) is 5.69 Å². The van der Waals surface area contributed by atoms with Crippen LogP contribution < -0.4 is 5.32 Å². The highest BCUT2D eigenvalue weighted by Crippen LogP contribution is 2.28. The van der Waals surface area contributed by atoms with E-state index >= 15 is 0 Å². The molecule has 26 heavy (non-hydrogen) atoms. The van der Waals surface area contributed by atoms with Crippen LogP contribution in [0.1, 0.15) is 16.1 Å². The van der Waals surface area contributed by atoms with E-state index in [1.807, 2.05) is 49.4 Å². The number of carbonyl (C=O) groups is 1. The molecular formula is C21H16BrN3O. The van der Waals surface area contributed by atoms with Crippen LogP contribution in [0.4, 0.5) is 5.69 Å². The summed E-state index contributed by atoms with van der Waals surface area (Å²) in [6, 6.07) is 21.7. The van der Waals surface area contributed by atoms with Gasteiger partial charge >= 0.3 is 0 Å². The number of halogens is 1. The lowest BCUT2D eigenvalue weighted by atomic mass is 10.0. The maximum absolute atomic E-state index is 12.6. The standard InChI is InChI=1S/C21H16BrN3O/c1-13-11-15(22)9-10-18(13)23-21(26)20-12-19(24-25-20)17-8-4-6-14-5-2-3-7-16(14)17/h2-12H,1H3,(H,23,26)(H,24,25). The molecule has 0 aliphatic heterocycles. The number of fused-ring (bicyclic) bond motifs is 1. The minimum absolute atomic E-state index is 0.214. The van der Waals surface area contributed by atoms with Gasteiger partial charge in [-0.05, 0) is 47.5 Å². The molecule has 128 valence electrons. The predicted octanol–water partition coefficient (Wildman–Crippen LogP) is 5.55. The number of hydrogen-bond donors (Lipinski definition) is 2. The van der Waals surface area contributed by atoms with Crippen molar-refractivity contribution in [1.29, 1.82) is 0 Å². The van der Waals surface area contributed by atoms with Crippen molar-refractivity contribution in [2.24, 2.45) is 0 Å². The highest BCUT2D eigenvalue weighted by Gasteiger charge is 2.13. The van der Waals surface area contributed by atoms with Crippen molar-refractivity contribution in [3.8, 4) is 11.3 Å². The Morgan fingerprint density at radius 1 is 1.04 bits per heavy atom. The molecule has 3 aromatic carbocycles. The lowest BCUT2D eigenvalue weighted by molar-refractivity contribution is 0.102. The van der Waals surface area contributed by atoms with Gasteiger partial charge < -0.3 is 5.32 Å². The number of aromatic amines is 1. The van der Waals surface area contributed by atoms with Crippen LogP contribution in [0.3, 0.4) is 0 Å². The number of benzene rings is 3. The van der Waals surface area contributed by atoms with Gasteiger partial charge in [-0.1, -0.05) is 58.4 Å². The average Bonchev–Trinajstić information content (AvgIpc) is 3.13. The summed E-state index contributed by atoms with van der Waals surface area (Å²) >= 11 is 3.43. The number of carbonyl (C=O) groups excluding carboxylic acids is 1. The van der Waals surface area contributed by atoms with Crippen LogP contribution in [-0.4, -0.2) is 16.1 Å². The normalized spacial score (nSPS) is 10.8. The zero-order valence-electron chi connectivity index (χ0n) is 14.1. The van der Waals surface area contributed by atoms with Crippen molar-refractivity contribution < 1.29 is 4.79 Å². The molecule has 0 atom stereocenters. The molecule has 0 saturated carbocycles. The molecule has 4 aromatic rings. The van der Waals surface area contributed by atoms with Crippen molar-refractivity contribution >= 4 is 38.3 Å². The van der Waals surface area contributed by atoms with Crippen molar-refractivity contribution in [1.82, 2.24) is 10.2 Å². The van der Waals surface area contributed by atoms with Gasteiger partial charge in [-0.15, -0.1) is 0 Å². The van der Waals surface area contributed by atoms with E-state index in [0.29, 0.717) is 5.69 Å². The zero-order chi connectivity index (χ0) is 18.1. The van der Waals surface area contributed by atoms with Gasteiger partial charge in [0.2, 0.25) is 0 Å². The molecule has 2 N–H and O–H groups in total. The smallest absolute Gasteiger partial charge is 0.273 e. The summed E-state index contributed by atoms with van der Waals surface area (Å²) in [5.41, 5.74) is 3.94. The van der Waals surface area contributed by atoms with Crippen molar-refractivity contribution in [3.63, 3.8) is 0 Å². The topological polar surface area (TPSA) is 57.8 Å². The molecular weight excluding hydrogens is 390 g/mol. The second-order valence-electron chi connectivity index (χ2n) is 6.11. The molecule has 1 aromatic heterocycles. The minimum Gasteiger partial charge on any atom is -0.320 e. The Morgan fingerprint density at radius 2 is 1.85 bits per heavy atom. The van der Waals surface area contributed by atoms with Gasteiger partial charge in [-0.25, -0.2) is 0 Å². The van der Waals surface area contributed by atoms with Crippen LogP contribution >= 0.6 is 15.9 Å². The average molecular weight is 406 g/mol. The lowest BCUT2D eigenvalue weighted by Gasteiger charge is -2.07. The molecule has 0 aliphatic carbocycles. The number of rotatable bonds is 3. The highest BCUT2D eigenvalue weighted by molar-refractivity contribution is 9.10. The monoisotopic (exact) mass is 405 g/mol. The highest BCUT2D eigenvalue weighted by atomic mass is 79.9. The fourth-order valence-electron chi connectivity index (χ4n) is 2.98. The molecule has 0 saturated heterocycles. The van der Waals surface area contributed by atoms with Gasteiger partial charge in [-0.3, -0.25) is 9.89 Å². The number of anilines is 1. The SMILES string of the molecule is Cc1cc(Br)ccc1NC(=O)c1cc(-c2cccc3ccccc23)n[nH]1. The summed E-state index contributed by atoms with van der Waals surface area (Å²) in [6.45, 7) is 1.95. The number of nitrogens with zero attached hydrogens (tertiary/aromatic N) is 1. The van der Waals surface area contributed by atoms with Crippen LogP contribution in [0.2, 0.25) is 0 Å². The molecule has 5 heteroatoms. The van der Waals surface area contributed by atoms with Gasteiger partial charge in [-0.2, -0.15) is 5.10 Å². The Bertz CT molecular complexity index is 1110. The molecule has 0 fully saturated rings. The number of amides is 1. The molecule has 0 spiro atoms. The maximum Gasteiger partial charge on any atom is 0.273 e. The summed E-state index contributed by atoms with van der Waals surface area (Å²) in [4.78, 5) is 12.6. The first kappa shape index (κ1) is 16.5. The van der Waals surface area contributed by atoms with E-state index in [2.05, 4.69) is 49.6 Å². The van der Waals surface area contributed by atoms with E-state index in [4.69, 9.17) is 0 Å². The summed E-state index contributed by atoms with van der Waals surface area (Å²) in [5, 5.41) is 12.4. The van der Waals surface area contributed by atoms with E-state index in [0.717, 1.165) is 37.8 Å². The quantitative estimate of drug-likeness (QED) is 0.469. The van der Waals surface area contributed by atoms with Crippen LogP contribution in [0.5, 0.6) is 0 Å². The van der Waals surface area contributed by atoms with E-state index in [9.17, 15) is 4.79 Å². The summed E-state index contributed by atoms with van der Waals surface area (Å²) in [5.74, 6) is -0.214. The maximum atomic E-state index is 12.6. The third kappa shape index (κ3) is 3.13. The molecule has 0 bridgehead atoms. The first-order chi connectivity index (χ1) is 12.6. The van der Waals surface area contributed by atoms with Crippen LogP contribution in [0.15, 0.2) is 71.2 Å². The summed E-state index contributed by atoms with van der Waals surface area (Å²) < 4.78 is 0.979. The molecule has 0 unspecified atom stereocenters. The van der Waals surface area contributed by atoms with Crippen LogP contribution in [0, 0.1) is 6.92 Å². The number of hydrogen-bond acceptors (Lipinski definition) is 2. The van der Waals surface area contributed by atoms with Crippen LogP contribution in [0.25, 0.3) is 22.0 Å². The zero-order valence-corrected chi connectivity index (χ0v) is 15.7. The van der Waals surface area contributed by atoms with Crippen molar-refractivity contribution in [3.05, 3.63) is 82.5 Å². The number of H-pyrrole nitrogens is 1. The van der Waals surface area contributed by atoms with Gasteiger partial charge in [0.15, 0.2) is 0 Å². The molecule has 4 rings (SSSR count). The van der Waals surface area contributed by atoms with E-state index < -0.39 is 0 Å². The summed E-state index contributed by atoms with van der Waals surface area (Å²) in [6.07, 6.45) is 0. The van der Waals surface area contributed by atoms with Gasteiger partial charge in [0.25, 0.3) is 5.91 Å². The van der Waals surface area contributed by atoms with Gasteiger partial charge in [0, 0.05) is 15.7 Å². The molecule has 0 aliphatic rings. The van der Waals surface area contributed by atoms with Crippen LogP contribution in [-0.2, 0) is 0 Å². The Kier molecular flexibility index (Phi) is 4.31. The fourth-order valence-corrected chi connectivity index (χ4v) is 3.46. The third-order valence-electron chi connectivity index (χ3n) is 4.32. The second kappa shape index (κ2) is 6.77. The van der Waals surface area contributed by atoms with E-state index in [1.54, 1.807) is 6.07 Å². The summed E-state index contributed by atoms with van der Waals surface area (Å²) in [7, 11) is 0. The van der Waals surface area contributed by atoms with Crippen molar-refractivity contribution in [2.75, 3.05) is 5.32 Å². The minimum atomic E-state index is -0.214. The van der Waals surface area contributed by atoms with Gasteiger partial charge in [0.1, 0.15) is 5.69 Å². The lowest BCUT2D eigenvalue weighted by Crippen LogP contribution is -2.13. The Hall–Kier alpha value is -2.92. The Morgan fingerprint density at radius 3 is 2.69 bits per heavy atom. The molecule has 1 amide bonds. The number of aromatic nitrogens is 2. The van der Waals surface area contributed by atoms with Crippen molar-refractivity contribution in [2.45, 2.75) is 6.92 Å². The fraction of sp³-hybridized carbons (Fsp3) is 0.0476. The van der Waals surface area contributed by atoms with E-state index in [-0.39, 0.29) is 5.91 Å². The number of aryl methyl sites for hydroxylation is 1. The molecule has 0 radical (unpaired) electrons. The third-order valence-corrected chi connectivity index (χ3v) is 4.82. The largest absolute Gasteiger partial charge is 0.320 e.